The van der Waals surface area contributed by atoms with Crippen molar-refractivity contribution in [2.24, 2.45) is 0 Å². The van der Waals surface area contributed by atoms with Crippen LogP contribution >= 0.6 is 69.6 Å². The number of rotatable bonds is 5. The highest BCUT2D eigenvalue weighted by molar-refractivity contribution is 6.67. The van der Waals surface area contributed by atoms with Gasteiger partial charge in [-0.3, -0.25) is 0 Å². The molecule has 0 fully saturated rings. The Kier molecular flexibility index (Phi) is 8.65. The van der Waals surface area contributed by atoms with E-state index in [9.17, 15) is 0 Å². The molecular formula is C19H16Cl6N4. The third-order valence-corrected chi connectivity index (χ3v) is 4.45. The Morgan fingerprint density at radius 2 is 1.17 bits per heavy atom. The van der Waals surface area contributed by atoms with Crippen LogP contribution < -0.4 is 4.90 Å². The van der Waals surface area contributed by atoms with Crippen molar-refractivity contribution in [2.75, 3.05) is 19.0 Å². The molecule has 0 N–H and O–H groups in total. The molecule has 0 bridgehead atoms. The van der Waals surface area contributed by atoms with Gasteiger partial charge in [-0.15, -0.1) is 0 Å². The van der Waals surface area contributed by atoms with Crippen LogP contribution in [0.25, 0.3) is 12.2 Å². The molecule has 0 radical (unpaired) electrons. The summed E-state index contributed by atoms with van der Waals surface area (Å²) in [4.78, 5) is 14.1. The van der Waals surface area contributed by atoms with Crippen molar-refractivity contribution in [3.63, 3.8) is 0 Å². The molecule has 0 atom stereocenters. The molecule has 1 heterocycles. The van der Waals surface area contributed by atoms with E-state index in [0.29, 0.717) is 0 Å². The second kappa shape index (κ2) is 10.3. The average molecular weight is 513 g/mol. The summed E-state index contributed by atoms with van der Waals surface area (Å²) < 4.78 is -3.76. The Labute approximate surface area is 199 Å². The number of benzene rings is 1. The summed E-state index contributed by atoms with van der Waals surface area (Å²) in [6.07, 6.45) is 10.8. The molecule has 0 aliphatic rings. The molecule has 154 valence electrons. The van der Waals surface area contributed by atoms with E-state index in [1.807, 2.05) is 49.4 Å². The molecule has 0 saturated carbocycles. The zero-order valence-corrected chi connectivity index (χ0v) is 19.9. The maximum absolute atomic E-state index is 5.84. The Hall–Kier alpha value is -1.01. The highest BCUT2D eigenvalue weighted by Gasteiger charge is 2.33. The normalized spacial score (nSPS) is 13.1. The summed E-state index contributed by atoms with van der Waals surface area (Å²) in [5.41, 5.74) is 2.22. The maximum atomic E-state index is 5.84. The molecule has 1 aromatic heterocycles. The van der Waals surface area contributed by atoms with E-state index in [0.717, 1.165) is 11.3 Å². The average Bonchev–Trinajstić information content (AvgIpc) is 2.63. The summed E-state index contributed by atoms with van der Waals surface area (Å²) >= 11 is 35.0. The predicted octanol–water partition coefficient (Wildman–Crippen LogP) is 6.87. The second-order valence-electron chi connectivity index (χ2n) is 5.93. The lowest BCUT2D eigenvalue weighted by Gasteiger charge is -2.14. The van der Waals surface area contributed by atoms with Crippen LogP contribution in [0.1, 0.15) is 23.0 Å². The lowest BCUT2D eigenvalue weighted by Crippen LogP contribution is -2.16. The number of anilines is 1. The van der Waals surface area contributed by atoms with Crippen LogP contribution in [0.4, 0.5) is 5.69 Å². The van der Waals surface area contributed by atoms with Crippen molar-refractivity contribution in [1.82, 2.24) is 15.0 Å². The number of hydrogen-bond donors (Lipinski definition) is 0. The smallest absolute Gasteiger partial charge is 0.250 e. The van der Waals surface area contributed by atoms with Gasteiger partial charge in [-0.2, -0.15) is 0 Å². The van der Waals surface area contributed by atoms with Gasteiger partial charge in [-0.1, -0.05) is 112 Å². The third kappa shape index (κ3) is 7.97. The van der Waals surface area contributed by atoms with Crippen molar-refractivity contribution >= 4 is 87.4 Å². The molecule has 4 nitrogen and oxygen atoms in total. The zero-order valence-electron chi connectivity index (χ0n) is 15.3. The predicted molar refractivity (Wildman–Crippen MR) is 126 cm³/mol. The molecule has 0 spiro atoms. The Morgan fingerprint density at radius 3 is 1.62 bits per heavy atom. The van der Waals surface area contributed by atoms with Gasteiger partial charge >= 0.3 is 0 Å². The first-order valence-corrected chi connectivity index (χ1v) is 10.4. The monoisotopic (exact) mass is 510 g/mol. The lowest BCUT2D eigenvalue weighted by molar-refractivity contribution is 0.835. The molecule has 0 unspecified atom stereocenters. The second-order valence-corrected chi connectivity index (χ2v) is 10.5. The van der Waals surface area contributed by atoms with Crippen molar-refractivity contribution in [2.45, 2.75) is 7.59 Å². The first-order valence-electron chi connectivity index (χ1n) is 8.16. The fourth-order valence-electron chi connectivity index (χ4n) is 2.04. The van der Waals surface area contributed by atoms with Crippen LogP contribution in [0.15, 0.2) is 48.6 Å². The molecule has 0 amide bonds. The number of halogens is 6. The number of hydrogen-bond acceptors (Lipinski definition) is 4. The fourth-order valence-corrected chi connectivity index (χ4v) is 2.55. The summed E-state index contributed by atoms with van der Waals surface area (Å²) in [5.74, 6) is -0.0809. The quantitative estimate of drug-likeness (QED) is 0.323. The summed E-state index contributed by atoms with van der Waals surface area (Å²) in [5, 5.41) is 0. The van der Waals surface area contributed by atoms with E-state index in [1.165, 1.54) is 0 Å². The van der Waals surface area contributed by atoms with Gasteiger partial charge in [0.15, 0.2) is 17.5 Å². The fraction of sp³-hybridized carbons (Fsp3) is 0.211. The SMILES string of the molecule is CN(C)c1ccc(C=CC=CC=Cc2nc(C(Cl)(Cl)Cl)nc(C(Cl)(Cl)Cl)n2)cc1. The topological polar surface area (TPSA) is 41.9 Å². The minimum atomic E-state index is -1.88. The third-order valence-electron chi connectivity index (χ3n) is 3.44. The Morgan fingerprint density at radius 1 is 0.690 bits per heavy atom. The van der Waals surface area contributed by atoms with Crippen molar-refractivity contribution in [3.05, 3.63) is 71.6 Å². The van der Waals surface area contributed by atoms with Gasteiger partial charge in [0.05, 0.1) is 0 Å². The van der Waals surface area contributed by atoms with Gasteiger partial charge in [0.25, 0.3) is 0 Å². The van der Waals surface area contributed by atoms with Gasteiger partial charge in [-0.05, 0) is 23.8 Å². The Bertz CT molecular complexity index is 878. The molecule has 2 aromatic rings. The van der Waals surface area contributed by atoms with Gasteiger partial charge in [0, 0.05) is 19.8 Å². The van der Waals surface area contributed by atoms with Crippen LogP contribution in [-0.2, 0) is 7.59 Å². The Balaban J connectivity index is 2.10. The summed E-state index contributed by atoms with van der Waals surface area (Å²) in [7, 11) is 4.00. The van der Waals surface area contributed by atoms with Gasteiger partial charge in [-0.25, -0.2) is 15.0 Å². The maximum Gasteiger partial charge on any atom is 0.250 e. The van der Waals surface area contributed by atoms with Crippen LogP contribution in [0, 0.1) is 0 Å². The van der Waals surface area contributed by atoms with Gasteiger partial charge in [0.1, 0.15) is 0 Å². The molecular weight excluding hydrogens is 497 g/mol. The van der Waals surface area contributed by atoms with E-state index < -0.39 is 7.59 Å². The molecule has 0 aliphatic heterocycles. The molecule has 0 aliphatic carbocycles. The molecule has 29 heavy (non-hydrogen) atoms. The summed E-state index contributed by atoms with van der Waals surface area (Å²) in [6.45, 7) is 0. The minimum absolute atomic E-state index is 0.136. The number of allylic oxidation sites excluding steroid dienone is 4. The highest BCUT2D eigenvalue weighted by atomic mass is 35.6. The van der Waals surface area contributed by atoms with Crippen molar-refractivity contribution < 1.29 is 0 Å². The largest absolute Gasteiger partial charge is 0.378 e. The first-order chi connectivity index (χ1) is 13.5. The number of aromatic nitrogens is 3. The first kappa shape index (κ1) is 24.3. The van der Waals surface area contributed by atoms with Crippen LogP contribution in [0.5, 0.6) is 0 Å². The van der Waals surface area contributed by atoms with Gasteiger partial charge in [0.2, 0.25) is 7.59 Å². The number of alkyl halides is 6. The minimum Gasteiger partial charge on any atom is -0.378 e. The van der Waals surface area contributed by atoms with E-state index in [-0.39, 0.29) is 17.5 Å². The zero-order chi connectivity index (χ0) is 21.7. The van der Waals surface area contributed by atoms with Crippen molar-refractivity contribution in [3.8, 4) is 0 Å². The van der Waals surface area contributed by atoms with Crippen molar-refractivity contribution in [1.29, 1.82) is 0 Å². The van der Waals surface area contributed by atoms with E-state index >= 15 is 0 Å². The van der Waals surface area contributed by atoms with E-state index in [1.54, 1.807) is 18.2 Å². The molecule has 2 rings (SSSR count). The van der Waals surface area contributed by atoms with E-state index in [4.69, 9.17) is 69.6 Å². The highest BCUT2D eigenvalue weighted by Crippen LogP contribution is 2.39. The van der Waals surface area contributed by atoms with Gasteiger partial charge < -0.3 is 4.90 Å². The standard InChI is InChI=1S/C19H16Cl6N4/c1-29(2)14-11-9-13(10-12-14)7-5-3-4-6-8-15-26-16(18(20,21)22)28-17(27-15)19(23,24)25/h3-12H,1-2H3. The number of nitrogens with zero attached hydrogens (tertiary/aromatic N) is 4. The van der Waals surface area contributed by atoms with E-state index in [2.05, 4.69) is 27.1 Å². The van der Waals surface area contributed by atoms with Crippen LogP contribution in [-0.4, -0.2) is 29.0 Å². The summed E-state index contributed by atoms with van der Waals surface area (Å²) in [6, 6.07) is 8.18. The molecule has 10 heteroatoms. The lowest BCUT2D eigenvalue weighted by atomic mass is 10.2. The van der Waals surface area contributed by atoms with Crippen LogP contribution in [0.2, 0.25) is 0 Å². The molecule has 1 aromatic carbocycles. The molecule has 0 saturated heterocycles. The van der Waals surface area contributed by atoms with Crippen LogP contribution in [0.3, 0.4) is 0 Å².